The highest BCUT2D eigenvalue weighted by atomic mass is 16.4. The number of hydrogen-bond donors (Lipinski definition) is 2. The van der Waals surface area contributed by atoms with Crippen LogP contribution in [0.4, 0.5) is 11.4 Å². The number of carboxylic acid groups (broad SMARTS) is 1. The lowest BCUT2D eigenvalue weighted by Crippen LogP contribution is -2.47. The standard InChI is InChI=1S/C14H19N3O2/c15-10-1-4-13(12(9-10)14(18)19)17-7-5-16(6-8-17)11-2-3-11/h1,4,9,11H,2-3,5-8,15H2,(H,18,19). The number of nitrogens with zero attached hydrogens (tertiary/aromatic N) is 2. The van der Waals surface area contributed by atoms with Crippen LogP contribution in [-0.4, -0.2) is 48.2 Å². The molecule has 1 heterocycles. The lowest BCUT2D eigenvalue weighted by atomic mass is 10.1. The molecule has 5 heteroatoms. The smallest absolute Gasteiger partial charge is 0.337 e. The van der Waals surface area contributed by atoms with E-state index in [0.29, 0.717) is 11.3 Å². The maximum absolute atomic E-state index is 11.3. The molecule has 0 unspecified atom stereocenters. The Bertz CT molecular complexity index is 491. The third-order valence-electron chi connectivity index (χ3n) is 3.97. The molecule has 1 saturated heterocycles. The molecule has 0 spiro atoms. The van der Waals surface area contributed by atoms with Gasteiger partial charge in [0.2, 0.25) is 0 Å². The Kier molecular flexibility index (Phi) is 3.06. The lowest BCUT2D eigenvalue weighted by Gasteiger charge is -2.36. The normalized spacial score (nSPS) is 20.5. The summed E-state index contributed by atoms with van der Waals surface area (Å²) in [6.07, 6.45) is 2.64. The van der Waals surface area contributed by atoms with Crippen molar-refractivity contribution in [3.63, 3.8) is 0 Å². The van der Waals surface area contributed by atoms with Crippen molar-refractivity contribution in [3.8, 4) is 0 Å². The van der Waals surface area contributed by atoms with Crippen molar-refractivity contribution >= 4 is 17.3 Å². The van der Waals surface area contributed by atoms with E-state index in [4.69, 9.17) is 5.73 Å². The Morgan fingerprint density at radius 3 is 2.47 bits per heavy atom. The SMILES string of the molecule is Nc1ccc(N2CCN(C3CC3)CC2)c(C(=O)O)c1. The van der Waals surface area contributed by atoms with Gasteiger partial charge in [-0.25, -0.2) is 4.79 Å². The molecule has 1 aromatic carbocycles. The molecule has 102 valence electrons. The number of benzene rings is 1. The molecule has 0 atom stereocenters. The topological polar surface area (TPSA) is 69.8 Å². The highest BCUT2D eigenvalue weighted by Gasteiger charge is 2.31. The first-order chi connectivity index (χ1) is 9.15. The molecule has 19 heavy (non-hydrogen) atoms. The Morgan fingerprint density at radius 2 is 1.89 bits per heavy atom. The maximum atomic E-state index is 11.3. The zero-order valence-corrected chi connectivity index (χ0v) is 10.9. The lowest BCUT2D eigenvalue weighted by molar-refractivity contribution is 0.0697. The van der Waals surface area contributed by atoms with Gasteiger partial charge < -0.3 is 15.7 Å². The Hall–Kier alpha value is -1.75. The van der Waals surface area contributed by atoms with Gasteiger partial charge in [-0.05, 0) is 31.0 Å². The van der Waals surface area contributed by atoms with Crippen LogP contribution in [0.25, 0.3) is 0 Å². The minimum atomic E-state index is -0.910. The number of aromatic carboxylic acids is 1. The van der Waals surface area contributed by atoms with Crippen LogP contribution in [-0.2, 0) is 0 Å². The van der Waals surface area contributed by atoms with Crippen molar-refractivity contribution < 1.29 is 9.90 Å². The third kappa shape index (κ3) is 2.51. The van der Waals surface area contributed by atoms with E-state index < -0.39 is 5.97 Å². The number of anilines is 2. The van der Waals surface area contributed by atoms with E-state index >= 15 is 0 Å². The number of hydrogen-bond acceptors (Lipinski definition) is 4. The van der Waals surface area contributed by atoms with Crippen LogP contribution in [0.1, 0.15) is 23.2 Å². The van der Waals surface area contributed by atoms with Crippen LogP contribution in [0.3, 0.4) is 0 Å². The second kappa shape index (κ2) is 4.74. The van der Waals surface area contributed by atoms with Crippen LogP contribution in [0.15, 0.2) is 18.2 Å². The van der Waals surface area contributed by atoms with Gasteiger partial charge in [0.05, 0.1) is 11.3 Å². The number of rotatable bonds is 3. The third-order valence-corrected chi connectivity index (χ3v) is 3.97. The van der Waals surface area contributed by atoms with Gasteiger partial charge in [-0.3, -0.25) is 4.90 Å². The molecule has 1 aliphatic carbocycles. The fourth-order valence-electron chi connectivity index (χ4n) is 2.77. The minimum absolute atomic E-state index is 0.305. The monoisotopic (exact) mass is 261 g/mol. The molecule has 1 aromatic rings. The fraction of sp³-hybridized carbons (Fsp3) is 0.500. The second-order valence-electron chi connectivity index (χ2n) is 5.34. The predicted octanol–water partition coefficient (Wildman–Crippen LogP) is 1.25. The zero-order valence-electron chi connectivity index (χ0n) is 10.9. The molecular weight excluding hydrogens is 242 g/mol. The van der Waals surface area contributed by atoms with E-state index in [-0.39, 0.29) is 0 Å². The van der Waals surface area contributed by atoms with Gasteiger partial charge in [0.1, 0.15) is 0 Å². The van der Waals surface area contributed by atoms with E-state index in [9.17, 15) is 9.90 Å². The second-order valence-corrected chi connectivity index (χ2v) is 5.34. The largest absolute Gasteiger partial charge is 0.478 e. The summed E-state index contributed by atoms with van der Waals surface area (Å²) < 4.78 is 0. The van der Waals surface area contributed by atoms with Gasteiger partial charge in [0, 0.05) is 37.9 Å². The molecule has 3 rings (SSSR count). The van der Waals surface area contributed by atoms with Crippen LogP contribution in [0.5, 0.6) is 0 Å². The van der Waals surface area contributed by atoms with Gasteiger partial charge in [-0.15, -0.1) is 0 Å². The highest BCUT2D eigenvalue weighted by molar-refractivity contribution is 5.95. The molecule has 0 amide bonds. The first-order valence-electron chi connectivity index (χ1n) is 6.77. The molecule has 2 fully saturated rings. The molecule has 0 radical (unpaired) electrons. The Morgan fingerprint density at radius 1 is 1.21 bits per heavy atom. The van der Waals surface area contributed by atoms with Gasteiger partial charge in [0.15, 0.2) is 0 Å². The molecule has 2 aliphatic rings. The summed E-state index contributed by atoms with van der Waals surface area (Å²) in [4.78, 5) is 16.0. The number of carbonyl (C=O) groups is 1. The minimum Gasteiger partial charge on any atom is -0.478 e. The summed E-state index contributed by atoms with van der Waals surface area (Å²) in [7, 11) is 0. The van der Waals surface area contributed by atoms with Gasteiger partial charge in [0.25, 0.3) is 0 Å². The first kappa shape index (κ1) is 12.3. The van der Waals surface area contributed by atoms with E-state index in [1.54, 1.807) is 12.1 Å². The predicted molar refractivity (Wildman–Crippen MR) is 74.6 cm³/mol. The van der Waals surface area contributed by atoms with Crippen molar-refractivity contribution in [3.05, 3.63) is 23.8 Å². The van der Waals surface area contributed by atoms with Crippen molar-refractivity contribution in [2.24, 2.45) is 0 Å². The van der Waals surface area contributed by atoms with E-state index in [0.717, 1.165) is 37.9 Å². The maximum Gasteiger partial charge on any atom is 0.337 e. The van der Waals surface area contributed by atoms with Gasteiger partial charge in [-0.1, -0.05) is 0 Å². The molecule has 0 aromatic heterocycles. The highest BCUT2D eigenvalue weighted by Crippen LogP contribution is 2.30. The summed E-state index contributed by atoms with van der Waals surface area (Å²) in [6, 6.07) is 5.93. The molecule has 1 aliphatic heterocycles. The molecule has 3 N–H and O–H groups in total. The van der Waals surface area contributed by atoms with E-state index in [1.165, 1.54) is 12.8 Å². The summed E-state index contributed by atoms with van der Waals surface area (Å²) in [5.74, 6) is -0.910. The number of carboxylic acids is 1. The number of piperazine rings is 1. The van der Waals surface area contributed by atoms with Crippen molar-refractivity contribution in [1.29, 1.82) is 0 Å². The quantitative estimate of drug-likeness (QED) is 0.801. The van der Waals surface area contributed by atoms with E-state index in [1.807, 2.05) is 6.07 Å². The molecule has 5 nitrogen and oxygen atoms in total. The molecular formula is C14H19N3O2. The van der Waals surface area contributed by atoms with Crippen LogP contribution >= 0.6 is 0 Å². The molecule has 1 saturated carbocycles. The Labute approximate surface area is 112 Å². The van der Waals surface area contributed by atoms with Crippen LogP contribution in [0.2, 0.25) is 0 Å². The average molecular weight is 261 g/mol. The summed E-state index contributed by atoms with van der Waals surface area (Å²) in [5.41, 5.74) is 7.27. The van der Waals surface area contributed by atoms with Crippen molar-refractivity contribution in [2.75, 3.05) is 36.8 Å². The Balaban J connectivity index is 1.77. The number of nitrogens with two attached hydrogens (primary N) is 1. The van der Waals surface area contributed by atoms with Crippen LogP contribution < -0.4 is 10.6 Å². The van der Waals surface area contributed by atoms with Gasteiger partial charge in [-0.2, -0.15) is 0 Å². The molecule has 0 bridgehead atoms. The van der Waals surface area contributed by atoms with E-state index in [2.05, 4.69) is 9.80 Å². The first-order valence-corrected chi connectivity index (χ1v) is 6.77. The fourth-order valence-corrected chi connectivity index (χ4v) is 2.77. The average Bonchev–Trinajstić information content (AvgIpc) is 3.23. The summed E-state index contributed by atoms with van der Waals surface area (Å²) >= 11 is 0. The van der Waals surface area contributed by atoms with Gasteiger partial charge >= 0.3 is 5.97 Å². The summed E-state index contributed by atoms with van der Waals surface area (Å²) in [5, 5.41) is 9.28. The van der Waals surface area contributed by atoms with Crippen LogP contribution in [0, 0.1) is 0 Å². The van der Waals surface area contributed by atoms with Crippen molar-refractivity contribution in [1.82, 2.24) is 4.90 Å². The number of nitrogen functional groups attached to an aromatic ring is 1. The summed E-state index contributed by atoms with van der Waals surface area (Å²) in [6.45, 7) is 3.82. The van der Waals surface area contributed by atoms with Crippen molar-refractivity contribution in [2.45, 2.75) is 18.9 Å². The zero-order chi connectivity index (χ0) is 13.4.